The van der Waals surface area contributed by atoms with E-state index < -0.39 is 12.1 Å². The number of carbonyl (C=O) groups excluding carboxylic acids is 2. The van der Waals surface area contributed by atoms with E-state index in [9.17, 15) is 19.2 Å². The van der Waals surface area contributed by atoms with Crippen molar-refractivity contribution in [1.82, 2.24) is 14.7 Å². The van der Waals surface area contributed by atoms with Crippen LogP contribution in [0.15, 0.2) is 24.3 Å². The number of nitriles is 1. The quantitative estimate of drug-likeness (QED) is 0.694. The van der Waals surface area contributed by atoms with E-state index in [1.54, 1.807) is 4.90 Å². The third kappa shape index (κ3) is 4.20. The molecule has 182 valence electrons. The summed E-state index contributed by atoms with van der Waals surface area (Å²) in [4.78, 5) is 32.3. The predicted octanol–water partition coefficient (Wildman–Crippen LogP) is 2.57. The standard InChI is InChI=1S/C26H34FN5O2/c27-19-10-8-18(9-11-19)24(17-5-2-1-3-6-17)32-21-13-23(26(32)34)30(15-21)16-22(29)25(33)31-12-4-7-20(31)14-28/h8-11,17,20-24H,1-7,12-13,15-16,29H2/t20?,21?,22?,23-,24-/m0/s1. The van der Waals surface area contributed by atoms with Crippen LogP contribution in [0.3, 0.4) is 0 Å². The van der Waals surface area contributed by atoms with E-state index >= 15 is 0 Å². The number of halogens is 1. The fourth-order valence-corrected chi connectivity index (χ4v) is 6.73. The molecule has 2 amide bonds. The summed E-state index contributed by atoms with van der Waals surface area (Å²) >= 11 is 0. The summed E-state index contributed by atoms with van der Waals surface area (Å²) in [5.74, 6) is 0.0363. The van der Waals surface area contributed by atoms with Crippen LogP contribution in [0.1, 0.15) is 63.0 Å². The zero-order valence-electron chi connectivity index (χ0n) is 19.6. The van der Waals surface area contributed by atoms with Crippen LogP contribution in [0, 0.1) is 23.1 Å². The molecule has 1 aliphatic carbocycles. The van der Waals surface area contributed by atoms with Gasteiger partial charge in [-0.15, -0.1) is 0 Å². The van der Waals surface area contributed by atoms with Crippen LogP contribution in [0.5, 0.6) is 0 Å². The highest BCUT2D eigenvalue weighted by Crippen LogP contribution is 2.45. The number of nitrogens with zero attached hydrogens (tertiary/aromatic N) is 4. The summed E-state index contributed by atoms with van der Waals surface area (Å²) in [6, 6.07) is 7.52. The topological polar surface area (TPSA) is 93.7 Å². The summed E-state index contributed by atoms with van der Waals surface area (Å²) in [6.07, 6.45) is 8.01. The van der Waals surface area contributed by atoms with Gasteiger partial charge in [0.05, 0.1) is 24.2 Å². The van der Waals surface area contributed by atoms with Gasteiger partial charge in [0.25, 0.3) is 0 Å². The summed E-state index contributed by atoms with van der Waals surface area (Å²) < 4.78 is 13.6. The van der Waals surface area contributed by atoms with E-state index in [0.29, 0.717) is 32.0 Å². The first-order valence-electron chi connectivity index (χ1n) is 12.8. The van der Waals surface area contributed by atoms with Crippen molar-refractivity contribution in [3.8, 4) is 6.07 Å². The van der Waals surface area contributed by atoms with Gasteiger partial charge in [-0.2, -0.15) is 5.26 Å². The van der Waals surface area contributed by atoms with Gasteiger partial charge in [-0.3, -0.25) is 14.5 Å². The molecule has 0 aromatic heterocycles. The smallest absolute Gasteiger partial charge is 0.241 e. The van der Waals surface area contributed by atoms with Crippen molar-refractivity contribution >= 4 is 11.8 Å². The highest BCUT2D eigenvalue weighted by molar-refractivity contribution is 5.87. The Morgan fingerprint density at radius 3 is 2.56 bits per heavy atom. The molecule has 3 saturated heterocycles. The van der Waals surface area contributed by atoms with Crippen molar-refractivity contribution in [1.29, 1.82) is 5.26 Å². The van der Waals surface area contributed by atoms with Crippen molar-refractivity contribution in [3.05, 3.63) is 35.6 Å². The molecule has 3 aliphatic heterocycles. The number of likely N-dealkylation sites (tertiary alicyclic amines) is 3. The van der Waals surface area contributed by atoms with Crippen molar-refractivity contribution in [2.24, 2.45) is 11.7 Å². The fourth-order valence-electron chi connectivity index (χ4n) is 6.73. The molecule has 5 rings (SSSR count). The second kappa shape index (κ2) is 9.63. The van der Waals surface area contributed by atoms with Gasteiger partial charge in [-0.1, -0.05) is 31.4 Å². The highest BCUT2D eigenvalue weighted by atomic mass is 19.1. The van der Waals surface area contributed by atoms with Crippen LogP contribution >= 0.6 is 0 Å². The first kappa shape index (κ1) is 23.3. The Hall–Kier alpha value is -2.50. The zero-order chi connectivity index (χ0) is 23.8. The van der Waals surface area contributed by atoms with E-state index in [0.717, 1.165) is 31.2 Å². The maximum absolute atomic E-state index is 13.6. The average Bonchev–Trinajstić information content (AvgIpc) is 3.56. The van der Waals surface area contributed by atoms with Gasteiger partial charge in [0.2, 0.25) is 11.8 Å². The Bertz CT molecular complexity index is 957. The maximum atomic E-state index is 13.6. The lowest BCUT2D eigenvalue weighted by Crippen LogP contribution is -2.57. The maximum Gasteiger partial charge on any atom is 0.241 e. The number of piperazine rings is 1. The minimum absolute atomic E-state index is 0.0261. The lowest BCUT2D eigenvalue weighted by molar-refractivity contribution is -0.142. The molecule has 2 N–H and O–H groups in total. The van der Waals surface area contributed by atoms with Gasteiger partial charge in [-0.25, -0.2) is 4.39 Å². The van der Waals surface area contributed by atoms with E-state index in [1.807, 2.05) is 12.1 Å². The normalized spacial score (nSPS) is 29.4. The Kier molecular flexibility index (Phi) is 6.59. The van der Waals surface area contributed by atoms with E-state index in [4.69, 9.17) is 5.73 Å². The molecule has 4 fully saturated rings. The lowest BCUT2D eigenvalue weighted by atomic mass is 9.80. The number of benzene rings is 1. The fraction of sp³-hybridized carbons (Fsp3) is 0.654. The van der Waals surface area contributed by atoms with E-state index in [1.165, 1.54) is 31.4 Å². The number of amides is 2. The van der Waals surface area contributed by atoms with Crippen LogP contribution in [0.4, 0.5) is 4.39 Å². The molecular weight excluding hydrogens is 433 g/mol. The van der Waals surface area contributed by atoms with Gasteiger partial charge < -0.3 is 15.5 Å². The van der Waals surface area contributed by atoms with Crippen molar-refractivity contribution in [3.63, 3.8) is 0 Å². The molecule has 3 unspecified atom stereocenters. The van der Waals surface area contributed by atoms with Gasteiger partial charge in [0.15, 0.2) is 0 Å². The van der Waals surface area contributed by atoms with Crippen molar-refractivity contribution < 1.29 is 14.0 Å². The van der Waals surface area contributed by atoms with Gasteiger partial charge in [-0.05, 0) is 55.7 Å². The minimum Gasteiger partial charge on any atom is -0.330 e. The van der Waals surface area contributed by atoms with Crippen LogP contribution in [0.25, 0.3) is 0 Å². The van der Waals surface area contributed by atoms with E-state index in [2.05, 4.69) is 15.9 Å². The summed E-state index contributed by atoms with van der Waals surface area (Å²) in [5.41, 5.74) is 7.30. The van der Waals surface area contributed by atoms with Crippen LogP contribution in [0.2, 0.25) is 0 Å². The number of hydrogen-bond acceptors (Lipinski definition) is 5. The lowest BCUT2D eigenvalue weighted by Gasteiger charge is -2.43. The molecule has 8 heteroatoms. The van der Waals surface area contributed by atoms with Crippen LogP contribution in [-0.2, 0) is 9.59 Å². The predicted molar refractivity (Wildman–Crippen MR) is 125 cm³/mol. The molecule has 7 nitrogen and oxygen atoms in total. The number of hydrogen-bond donors (Lipinski definition) is 1. The molecule has 5 atom stereocenters. The molecular formula is C26H34FN5O2. The monoisotopic (exact) mass is 467 g/mol. The molecule has 0 radical (unpaired) electrons. The molecule has 1 saturated carbocycles. The van der Waals surface area contributed by atoms with Crippen molar-refractivity contribution in [2.45, 2.75) is 81.6 Å². The molecule has 34 heavy (non-hydrogen) atoms. The number of carbonyl (C=O) groups is 2. The number of rotatable bonds is 6. The first-order valence-corrected chi connectivity index (χ1v) is 12.8. The molecule has 1 aromatic rings. The van der Waals surface area contributed by atoms with Crippen LogP contribution in [-0.4, -0.2) is 70.3 Å². The van der Waals surface area contributed by atoms with Gasteiger partial charge >= 0.3 is 0 Å². The molecule has 2 bridgehead atoms. The Morgan fingerprint density at radius 1 is 1.15 bits per heavy atom. The molecule has 3 heterocycles. The molecule has 0 spiro atoms. The summed E-state index contributed by atoms with van der Waals surface area (Å²) in [5, 5.41) is 9.30. The molecule has 1 aromatic carbocycles. The Morgan fingerprint density at radius 2 is 1.88 bits per heavy atom. The third-order valence-electron chi connectivity index (χ3n) is 8.36. The Labute approximate surface area is 200 Å². The third-order valence-corrected chi connectivity index (χ3v) is 8.36. The second-order valence-electron chi connectivity index (χ2n) is 10.4. The first-order chi connectivity index (χ1) is 16.5. The van der Waals surface area contributed by atoms with Crippen LogP contribution < -0.4 is 5.73 Å². The second-order valence-corrected chi connectivity index (χ2v) is 10.4. The summed E-state index contributed by atoms with van der Waals surface area (Å²) in [6.45, 7) is 1.60. The van der Waals surface area contributed by atoms with E-state index in [-0.39, 0.29) is 35.8 Å². The SMILES string of the molecule is N#CC1CCCN1C(=O)C(N)CN1CC2C[C@H]1C(=O)N2[C@H](c1ccc(F)cc1)C1CCCCC1. The number of fused-ring (bicyclic) bond motifs is 2. The zero-order valence-corrected chi connectivity index (χ0v) is 19.6. The summed E-state index contributed by atoms with van der Waals surface area (Å²) in [7, 11) is 0. The van der Waals surface area contributed by atoms with Gasteiger partial charge in [0, 0.05) is 25.7 Å². The average molecular weight is 468 g/mol. The van der Waals surface area contributed by atoms with Crippen molar-refractivity contribution in [2.75, 3.05) is 19.6 Å². The number of nitrogens with two attached hydrogens (primary N) is 1. The highest BCUT2D eigenvalue weighted by Gasteiger charge is 2.53. The van der Waals surface area contributed by atoms with Gasteiger partial charge in [0.1, 0.15) is 11.9 Å². The minimum atomic E-state index is -0.735. The molecule has 4 aliphatic rings. The largest absolute Gasteiger partial charge is 0.330 e. The Balaban J connectivity index is 1.30.